The van der Waals surface area contributed by atoms with Crippen LogP contribution in [0.3, 0.4) is 0 Å². The number of anilines is 1. The van der Waals surface area contributed by atoms with Crippen molar-refractivity contribution in [3.63, 3.8) is 0 Å². The number of amides is 1. The molecule has 0 heterocycles. The van der Waals surface area contributed by atoms with Gasteiger partial charge in [-0.25, -0.2) is 0 Å². The van der Waals surface area contributed by atoms with Crippen molar-refractivity contribution in [2.75, 3.05) is 31.8 Å². The van der Waals surface area contributed by atoms with Crippen LogP contribution in [0.25, 0.3) is 0 Å². The Morgan fingerprint density at radius 3 is 1.92 bits per heavy atom. The van der Waals surface area contributed by atoms with Gasteiger partial charge in [0.1, 0.15) is 5.75 Å². The van der Waals surface area contributed by atoms with Gasteiger partial charge in [-0.05, 0) is 44.5 Å². The second-order valence-electron chi connectivity index (χ2n) is 5.21. The molecule has 0 aliphatic rings. The predicted molar refractivity (Wildman–Crippen MR) is 92.4 cm³/mol. The molecule has 25 heavy (non-hydrogen) atoms. The van der Waals surface area contributed by atoms with Crippen molar-refractivity contribution < 1.29 is 28.6 Å². The fourth-order valence-electron chi connectivity index (χ4n) is 2.31. The van der Waals surface area contributed by atoms with E-state index in [2.05, 4.69) is 0 Å². The van der Waals surface area contributed by atoms with Gasteiger partial charge in [0.25, 0.3) is 0 Å². The zero-order valence-corrected chi connectivity index (χ0v) is 15.1. The van der Waals surface area contributed by atoms with E-state index in [0.29, 0.717) is 11.4 Å². The lowest BCUT2D eigenvalue weighted by Gasteiger charge is -2.23. The molecule has 1 aromatic carbocycles. The molecular formula is C18H25NO6. The lowest BCUT2D eigenvalue weighted by atomic mass is 10.1. The molecule has 0 aliphatic carbocycles. The van der Waals surface area contributed by atoms with Crippen molar-refractivity contribution in [1.82, 2.24) is 0 Å². The largest absolute Gasteiger partial charge is 0.497 e. The van der Waals surface area contributed by atoms with Gasteiger partial charge in [-0.15, -0.1) is 0 Å². The first-order valence-corrected chi connectivity index (χ1v) is 8.19. The predicted octanol–water partition coefficient (Wildman–Crippen LogP) is 2.18. The normalized spacial score (nSPS) is 10.3. The zero-order chi connectivity index (χ0) is 18.8. The first-order valence-electron chi connectivity index (χ1n) is 8.19. The van der Waals surface area contributed by atoms with Crippen LogP contribution in [0, 0.1) is 5.92 Å². The van der Waals surface area contributed by atoms with Gasteiger partial charge >= 0.3 is 11.9 Å². The molecule has 0 N–H and O–H groups in total. The number of rotatable bonds is 9. The van der Waals surface area contributed by atoms with Crippen molar-refractivity contribution >= 4 is 23.5 Å². The summed E-state index contributed by atoms with van der Waals surface area (Å²) in [6, 6.07) is 6.95. The van der Waals surface area contributed by atoms with Crippen molar-refractivity contribution in [3.8, 4) is 5.75 Å². The summed E-state index contributed by atoms with van der Waals surface area (Å²) < 4.78 is 15.0. The van der Waals surface area contributed by atoms with E-state index >= 15 is 0 Å². The Labute approximate surface area is 147 Å². The third kappa shape index (κ3) is 6.10. The van der Waals surface area contributed by atoms with Gasteiger partial charge in [0, 0.05) is 19.2 Å². The Hall–Kier alpha value is -2.57. The van der Waals surface area contributed by atoms with E-state index in [-0.39, 0.29) is 32.1 Å². The van der Waals surface area contributed by atoms with Crippen LogP contribution in [0.4, 0.5) is 5.69 Å². The molecule has 138 valence electrons. The molecule has 0 unspecified atom stereocenters. The summed E-state index contributed by atoms with van der Waals surface area (Å²) in [5.41, 5.74) is 0.653. The van der Waals surface area contributed by atoms with E-state index in [1.807, 2.05) is 0 Å². The Balaban J connectivity index is 2.88. The molecule has 0 radical (unpaired) electrons. The molecule has 7 nitrogen and oxygen atoms in total. The molecule has 0 saturated heterocycles. The van der Waals surface area contributed by atoms with Crippen LogP contribution in [0.5, 0.6) is 5.75 Å². The van der Waals surface area contributed by atoms with Gasteiger partial charge in [0.05, 0.1) is 20.3 Å². The molecule has 0 aliphatic heterocycles. The highest BCUT2D eigenvalue weighted by Gasteiger charge is 2.30. The number of hydrogen-bond acceptors (Lipinski definition) is 6. The number of ether oxygens (including phenoxy) is 3. The average molecular weight is 351 g/mol. The third-order valence-corrected chi connectivity index (χ3v) is 3.55. The second-order valence-corrected chi connectivity index (χ2v) is 5.21. The maximum Gasteiger partial charge on any atom is 0.320 e. The van der Waals surface area contributed by atoms with E-state index in [4.69, 9.17) is 14.2 Å². The molecule has 1 amide bonds. The Bertz CT molecular complexity index is 566. The van der Waals surface area contributed by atoms with Crippen LogP contribution in [0.15, 0.2) is 24.3 Å². The first-order chi connectivity index (χ1) is 11.9. The average Bonchev–Trinajstić information content (AvgIpc) is 2.59. The van der Waals surface area contributed by atoms with E-state index in [1.54, 1.807) is 45.2 Å². The fourth-order valence-corrected chi connectivity index (χ4v) is 2.31. The summed E-state index contributed by atoms with van der Waals surface area (Å²) in [5.74, 6) is -1.86. The monoisotopic (exact) mass is 351 g/mol. The van der Waals surface area contributed by atoms with E-state index in [1.165, 1.54) is 11.8 Å². The molecule has 0 saturated carbocycles. The van der Waals surface area contributed by atoms with Crippen molar-refractivity contribution in [2.24, 2.45) is 5.92 Å². The number of hydrogen-bond donors (Lipinski definition) is 0. The minimum atomic E-state index is -1.06. The van der Waals surface area contributed by atoms with Crippen molar-refractivity contribution in [3.05, 3.63) is 24.3 Å². The molecular weight excluding hydrogens is 326 g/mol. The first kappa shape index (κ1) is 20.5. The molecule has 0 spiro atoms. The Morgan fingerprint density at radius 2 is 1.52 bits per heavy atom. The van der Waals surface area contributed by atoms with Gasteiger partial charge < -0.3 is 19.1 Å². The minimum Gasteiger partial charge on any atom is -0.497 e. The summed E-state index contributed by atoms with van der Waals surface area (Å²) in [5, 5.41) is 0. The second kappa shape index (κ2) is 10.3. The van der Waals surface area contributed by atoms with Gasteiger partial charge in [-0.1, -0.05) is 0 Å². The van der Waals surface area contributed by atoms with Crippen LogP contribution in [0.1, 0.15) is 27.2 Å². The number of nitrogens with zero attached hydrogens (tertiary/aromatic N) is 1. The topological polar surface area (TPSA) is 82.1 Å². The van der Waals surface area contributed by atoms with Gasteiger partial charge in [0.2, 0.25) is 5.91 Å². The smallest absolute Gasteiger partial charge is 0.320 e. The molecule has 1 rings (SSSR count). The molecule has 0 bridgehead atoms. The summed E-state index contributed by atoms with van der Waals surface area (Å²) in [6.45, 7) is 5.28. The van der Waals surface area contributed by atoms with Crippen molar-refractivity contribution in [1.29, 1.82) is 0 Å². The van der Waals surface area contributed by atoms with Gasteiger partial charge in [-0.2, -0.15) is 0 Å². The van der Waals surface area contributed by atoms with Crippen LogP contribution in [0.2, 0.25) is 0 Å². The third-order valence-electron chi connectivity index (χ3n) is 3.55. The van der Waals surface area contributed by atoms with Crippen molar-refractivity contribution in [2.45, 2.75) is 27.2 Å². The summed E-state index contributed by atoms with van der Waals surface area (Å²) in [6.07, 6.45) is 0.114. The van der Waals surface area contributed by atoms with Crippen LogP contribution in [-0.2, 0) is 23.9 Å². The molecule has 1 aromatic rings. The molecule has 0 atom stereocenters. The standard InChI is InChI=1S/C18H25NO6/c1-5-24-17(21)16(18(22)25-6-2)11-12-19(13(3)20)14-7-9-15(23-4)10-8-14/h7-10,16H,5-6,11-12H2,1-4H3. The number of esters is 2. The van der Waals surface area contributed by atoms with Crippen LogP contribution < -0.4 is 9.64 Å². The summed E-state index contributed by atoms with van der Waals surface area (Å²) in [4.78, 5) is 37.5. The Morgan fingerprint density at radius 1 is 1.00 bits per heavy atom. The van der Waals surface area contributed by atoms with Gasteiger partial charge in [0.15, 0.2) is 5.92 Å². The number of benzene rings is 1. The number of methoxy groups -OCH3 is 1. The highest BCUT2D eigenvalue weighted by molar-refractivity contribution is 5.95. The highest BCUT2D eigenvalue weighted by atomic mass is 16.6. The maximum absolute atomic E-state index is 12.0. The van der Waals surface area contributed by atoms with Crippen LogP contribution >= 0.6 is 0 Å². The lowest BCUT2D eigenvalue weighted by molar-refractivity contribution is -0.161. The van der Waals surface area contributed by atoms with E-state index in [9.17, 15) is 14.4 Å². The summed E-state index contributed by atoms with van der Waals surface area (Å²) in [7, 11) is 1.56. The number of carbonyl (C=O) groups excluding carboxylic acids is 3. The SMILES string of the molecule is CCOC(=O)C(CCN(C(C)=O)c1ccc(OC)cc1)C(=O)OCC. The summed E-state index contributed by atoms with van der Waals surface area (Å²) >= 11 is 0. The molecule has 0 aromatic heterocycles. The molecule has 7 heteroatoms. The fraction of sp³-hybridized carbons (Fsp3) is 0.500. The van der Waals surface area contributed by atoms with E-state index < -0.39 is 17.9 Å². The van der Waals surface area contributed by atoms with E-state index in [0.717, 1.165) is 0 Å². The minimum absolute atomic E-state index is 0.114. The van der Waals surface area contributed by atoms with Gasteiger partial charge in [-0.3, -0.25) is 14.4 Å². The quantitative estimate of drug-likeness (QED) is 0.501. The zero-order valence-electron chi connectivity index (χ0n) is 15.1. The Kier molecular flexibility index (Phi) is 8.46. The number of carbonyl (C=O) groups is 3. The highest BCUT2D eigenvalue weighted by Crippen LogP contribution is 2.21. The van der Waals surface area contributed by atoms with Crippen LogP contribution in [-0.4, -0.2) is 44.7 Å². The maximum atomic E-state index is 12.0. The molecule has 0 fully saturated rings. The lowest BCUT2D eigenvalue weighted by Crippen LogP contribution is -2.35.